The highest BCUT2D eigenvalue weighted by Gasteiger charge is 2.16. The number of hydrogen-bond acceptors (Lipinski definition) is 6. The maximum atomic E-state index is 6.00. The number of hydrogen-bond donors (Lipinski definition) is 2. The van der Waals surface area contributed by atoms with E-state index in [-0.39, 0.29) is 0 Å². The molecule has 0 atom stereocenters. The van der Waals surface area contributed by atoms with E-state index in [1.54, 1.807) is 0 Å². The summed E-state index contributed by atoms with van der Waals surface area (Å²) in [4.78, 5) is 8.22. The van der Waals surface area contributed by atoms with Crippen LogP contribution in [0, 0.1) is 0 Å². The molecule has 1 aromatic heterocycles. The van der Waals surface area contributed by atoms with Crippen LogP contribution in [0.3, 0.4) is 0 Å². The fraction of sp³-hybridized carbons (Fsp3) is 0.667. The fourth-order valence-corrected chi connectivity index (χ4v) is 1.84. The predicted molar refractivity (Wildman–Crippen MR) is 69.7 cm³/mol. The molecule has 0 aromatic carbocycles. The lowest BCUT2D eigenvalue weighted by Gasteiger charge is -2.24. The number of anilines is 2. The van der Waals surface area contributed by atoms with Crippen molar-refractivity contribution in [2.75, 3.05) is 30.9 Å². The van der Waals surface area contributed by atoms with E-state index in [1.165, 1.54) is 6.33 Å². The zero-order valence-electron chi connectivity index (χ0n) is 10.7. The molecule has 0 spiro atoms. The zero-order valence-corrected chi connectivity index (χ0v) is 10.7. The van der Waals surface area contributed by atoms with Gasteiger partial charge >= 0.3 is 0 Å². The summed E-state index contributed by atoms with van der Waals surface area (Å²) in [6.07, 6.45) is 4.33. The number of ether oxygens (including phenoxy) is 2. The van der Waals surface area contributed by atoms with E-state index >= 15 is 0 Å². The van der Waals surface area contributed by atoms with Gasteiger partial charge in [-0.3, -0.25) is 0 Å². The summed E-state index contributed by atoms with van der Waals surface area (Å²) < 4.78 is 10.8. The molecule has 1 aliphatic heterocycles. The third-order valence-corrected chi connectivity index (χ3v) is 2.85. The van der Waals surface area contributed by atoms with Gasteiger partial charge in [-0.25, -0.2) is 4.98 Å². The van der Waals surface area contributed by atoms with Crippen LogP contribution in [0.4, 0.5) is 11.5 Å². The lowest BCUT2D eigenvalue weighted by Crippen LogP contribution is -2.28. The number of nitrogens with zero attached hydrogens (tertiary/aromatic N) is 2. The number of rotatable bonds is 5. The van der Waals surface area contributed by atoms with Gasteiger partial charge in [0.1, 0.15) is 12.0 Å². The molecule has 2 rings (SSSR count). The highest BCUT2D eigenvalue weighted by Crippen LogP contribution is 2.26. The van der Waals surface area contributed by atoms with Crippen molar-refractivity contribution < 1.29 is 9.47 Å². The summed E-state index contributed by atoms with van der Waals surface area (Å²) in [7, 11) is 0. The summed E-state index contributed by atoms with van der Waals surface area (Å²) in [5, 5.41) is 3.33. The van der Waals surface area contributed by atoms with Crippen LogP contribution in [-0.2, 0) is 4.74 Å². The van der Waals surface area contributed by atoms with Gasteiger partial charge in [0.15, 0.2) is 5.82 Å². The Morgan fingerprint density at radius 2 is 2.22 bits per heavy atom. The zero-order chi connectivity index (χ0) is 12.8. The molecule has 0 bridgehead atoms. The lowest BCUT2D eigenvalue weighted by molar-refractivity contribution is 0.0904. The fourth-order valence-electron chi connectivity index (χ4n) is 1.84. The topological polar surface area (TPSA) is 82.3 Å². The molecule has 0 saturated carbocycles. The summed E-state index contributed by atoms with van der Waals surface area (Å²) in [5.74, 6) is 1.12. The van der Waals surface area contributed by atoms with Gasteiger partial charge in [-0.1, -0.05) is 6.92 Å². The molecule has 0 amide bonds. The average Bonchev–Trinajstić information content (AvgIpc) is 2.41. The van der Waals surface area contributed by atoms with Crippen LogP contribution >= 0.6 is 0 Å². The summed E-state index contributed by atoms with van der Waals surface area (Å²) in [5.41, 5.74) is 6.48. The van der Waals surface area contributed by atoms with Gasteiger partial charge in [-0.15, -0.1) is 0 Å². The van der Waals surface area contributed by atoms with Gasteiger partial charge in [-0.05, 0) is 19.3 Å². The van der Waals surface area contributed by atoms with E-state index in [9.17, 15) is 0 Å². The van der Waals surface area contributed by atoms with Crippen LogP contribution in [0.15, 0.2) is 6.33 Å². The lowest BCUT2D eigenvalue weighted by atomic mass is 10.1. The Bertz CT molecular complexity index is 380. The smallest absolute Gasteiger partial charge is 0.242 e. The minimum Gasteiger partial charge on any atom is -0.476 e. The summed E-state index contributed by atoms with van der Waals surface area (Å²) >= 11 is 0. The van der Waals surface area contributed by atoms with Crippen LogP contribution in [0.25, 0.3) is 0 Å². The van der Waals surface area contributed by atoms with Crippen molar-refractivity contribution in [3.63, 3.8) is 0 Å². The Balaban J connectivity index is 2.02. The second kappa shape index (κ2) is 6.39. The maximum absolute atomic E-state index is 6.00. The predicted octanol–water partition coefficient (Wildman–Crippen LogP) is 1.44. The molecule has 2 heterocycles. The van der Waals surface area contributed by atoms with Gasteiger partial charge in [-0.2, -0.15) is 4.98 Å². The van der Waals surface area contributed by atoms with Crippen molar-refractivity contribution in [3.8, 4) is 5.88 Å². The molecule has 100 valence electrons. The second-order valence-electron chi connectivity index (χ2n) is 4.32. The minimum atomic E-state index is 0.356. The van der Waals surface area contributed by atoms with Gasteiger partial charge in [0.05, 0.1) is 6.61 Å². The Hall–Kier alpha value is -1.56. The molecular formula is C12H20N4O2. The van der Waals surface area contributed by atoms with Crippen LogP contribution in [0.5, 0.6) is 5.88 Å². The highest BCUT2D eigenvalue weighted by atomic mass is 16.5. The third kappa shape index (κ3) is 3.22. The average molecular weight is 252 g/mol. The van der Waals surface area contributed by atoms with Crippen molar-refractivity contribution in [2.24, 2.45) is 0 Å². The number of aromatic nitrogens is 2. The highest BCUT2D eigenvalue weighted by molar-refractivity contribution is 5.66. The first-order valence-corrected chi connectivity index (χ1v) is 6.38. The van der Waals surface area contributed by atoms with Crippen LogP contribution in [0.1, 0.15) is 26.2 Å². The minimum absolute atomic E-state index is 0.356. The molecule has 1 aromatic rings. The SMILES string of the molecule is CCCOc1ncnc(NC2CCOCC2)c1N. The van der Waals surface area contributed by atoms with E-state index in [0.717, 1.165) is 32.5 Å². The number of nitrogens with two attached hydrogens (primary N) is 1. The standard InChI is InChI=1S/C12H20N4O2/c1-2-5-18-12-10(13)11(14-8-15-12)16-9-3-6-17-7-4-9/h8-9H,2-7,13H2,1H3,(H,14,15,16). The second-order valence-corrected chi connectivity index (χ2v) is 4.32. The molecule has 1 aliphatic rings. The van der Waals surface area contributed by atoms with E-state index in [1.807, 2.05) is 6.92 Å². The molecule has 1 fully saturated rings. The first-order chi connectivity index (χ1) is 8.81. The van der Waals surface area contributed by atoms with Gasteiger partial charge in [0.2, 0.25) is 5.88 Å². The molecule has 0 unspecified atom stereocenters. The maximum Gasteiger partial charge on any atom is 0.242 e. The molecule has 0 radical (unpaired) electrons. The van der Waals surface area contributed by atoms with Crippen molar-refractivity contribution in [3.05, 3.63) is 6.33 Å². The molecule has 18 heavy (non-hydrogen) atoms. The van der Waals surface area contributed by atoms with Gasteiger partial charge in [0.25, 0.3) is 0 Å². The molecule has 3 N–H and O–H groups in total. The molecule has 6 heteroatoms. The van der Waals surface area contributed by atoms with Crippen LogP contribution < -0.4 is 15.8 Å². The van der Waals surface area contributed by atoms with E-state index in [4.69, 9.17) is 15.2 Å². The Morgan fingerprint density at radius 3 is 2.94 bits per heavy atom. The van der Waals surface area contributed by atoms with Crippen molar-refractivity contribution in [1.29, 1.82) is 0 Å². The molecular weight excluding hydrogens is 232 g/mol. The quantitative estimate of drug-likeness (QED) is 0.825. The van der Waals surface area contributed by atoms with Gasteiger partial charge in [0, 0.05) is 19.3 Å². The number of nitrogens with one attached hydrogen (secondary N) is 1. The Morgan fingerprint density at radius 1 is 1.44 bits per heavy atom. The van der Waals surface area contributed by atoms with Crippen LogP contribution in [-0.4, -0.2) is 35.8 Å². The van der Waals surface area contributed by atoms with Crippen LogP contribution in [0.2, 0.25) is 0 Å². The number of nitrogen functional groups attached to an aromatic ring is 1. The van der Waals surface area contributed by atoms with E-state index in [2.05, 4.69) is 15.3 Å². The Labute approximate surface area is 107 Å². The monoisotopic (exact) mass is 252 g/mol. The van der Waals surface area contributed by atoms with Crippen molar-refractivity contribution >= 4 is 11.5 Å². The van der Waals surface area contributed by atoms with E-state index in [0.29, 0.717) is 30.0 Å². The van der Waals surface area contributed by atoms with E-state index < -0.39 is 0 Å². The normalized spacial score (nSPS) is 16.5. The van der Waals surface area contributed by atoms with Crippen molar-refractivity contribution in [1.82, 2.24) is 9.97 Å². The van der Waals surface area contributed by atoms with Gasteiger partial charge < -0.3 is 20.5 Å². The molecule has 6 nitrogen and oxygen atoms in total. The largest absolute Gasteiger partial charge is 0.476 e. The molecule has 0 aliphatic carbocycles. The first kappa shape index (κ1) is 12.9. The third-order valence-electron chi connectivity index (χ3n) is 2.85. The van der Waals surface area contributed by atoms with Crippen molar-refractivity contribution in [2.45, 2.75) is 32.2 Å². The molecule has 1 saturated heterocycles. The Kier molecular flexibility index (Phi) is 4.58. The summed E-state index contributed by atoms with van der Waals surface area (Å²) in [6, 6.07) is 0.356. The summed E-state index contributed by atoms with van der Waals surface area (Å²) in [6.45, 7) is 4.21. The first-order valence-electron chi connectivity index (χ1n) is 6.38.